The highest BCUT2D eigenvalue weighted by molar-refractivity contribution is 6.86. The van der Waals surface area contributed by atoms with Crippen molar-refractivity contribution in [3.63, 3.8) is 0 Å². The normalized spacial score (nSPS) is 11.8. The Kier molecular flexibility index (Phi) is 5.79. The van der Waals surface area contributed by atoms with E-state index in [0.29, 0.717) is 29.5 Å². The molecule has 0 aliphatic heterocycles. The number of aliphatic hydroxyl groups excluding tert-OH is 1. The van der Waals surface area contributed by atoms with Crippen LogP contribution in [0.3, 0.4) is 0 Å². The summed E-state index contributed by atoms with van der Waals surface area (Å²) in [5.41, 5.74) is 3.08. The van der Waals surface area contributed by atoms with Crippen LogP contribution >= 0.6 is 0 Å². The van der Waals surface area contributed by atoms with Gasteiger partial charge in [-0.1, -0.05) is 64.3 Å². The minimum Gasteiger partial charge on any atom is -0.501 e. The van der Waals surface area contributed by atoms with Crippen molar-refractivity contribution >= 4 is 19.4 Å². The molecule has 1 N–H and O–H groups in total. The van der Waals surface area contributed by atoms with E-state index in [9.17, 15) is 5.11 Å². The third kappa shape index (κ3) is 4.36. The highest BCUT2D eigenvalue weighted by atomic mass is 28.4. The largest absolute Gasteiger partial charge is 0.501 e. The Labute approximate surface area is 123 Å². The fraction of sp³-hybridized carbons (Fsp3) is 0.471. The number of aliphatic hydroxyl groups is 1. The summed E-state index contributed by atoms with van der Waals surface area (Å²) in [5, 5.41) is 10.4. The molecule has 0 saturated heterocycles. The minimum absolute atomic E-state index is 0.00962. The second-order valence-electron chi connectivity index (χ2n) is 6.26. The van der Waals surface area contributed by atoms with Gasteiger partial charge in [-0.25, -0.2) is 0 Å². The standard InChI is InChI=1S/C17H25FOSi/c1-6-17(19)15-7-9-16(10-8-15)20(18,11-13(2)3)12-14(4)5/h7-10,13-14,19H,1,11-12H2,2-5H3. The molecular weight excluding hydrogens is 267 g/mol. The van der Waals surface area contributed by atoms with Gasteiger partial charge in [-0.05, 0) is 29.1 Å². The van der Waals surface area contributed by atoms with Crippen molar-refractivity contribution < 1.29 is 9.21 Å². The molecule has 0 amide bonds. The molecule has 0 atom stereocenters. The van der Waals surface area contributed by atoms with Crippen LogP contribution in [0.2, 0.25) is 12.1 Å². The van der Waals surface area contributed by atoms with E-state index in [1.54, 1.807) is 12.1 Å². The van der Waals surface area contributed by atoms with Crippen molar-refractivity contribution in [3.8, 4) is 0 Å². The van der Waals surface area contributed by atoms with Crippen molar-refractivity contribution in [2.24, 2.45) is 11.8 Å². The van der Waals surface area contributed by atoms with Gasteiger partial charge in [0.2, 0.25) is 0 Å². The Morgan fingerprint density at radius 3 is 1.95 bits per heavy atom. The lowest BCUT2D eigenvalue weighted by Crippen LogP contribution is -2.45. The van der Waals surface area contributed by atoms with Gasteiger partial charge in [0.15, 0.2) is 5.76 Å². The second kappa shape index (κ2) is 6.92. The van der Waals surface area contributed by atoms with Crippen LogP contribution in [0.4, 0.5) is 4.11 Å². The van der Waals surface area contributed by atoms with Crippen LogP contribution < -0.4 is 5.19 Å². The predicted molar refractivity (Wildman–Crippen MR) is 87.4 cm³/mol. The van der Waals surface area contributed by atoms with Gasteiger partial charge in [-0.15, -0.1) is 0 Å². The molecule has 110 valence electrons. The first-order valence-electron chi connectivity index (χ1n) is 7.17. The van der Waals surface area contributed by atoms with Crippen molar-refractivity contribution in [1.29, 1.82) is 0 Å². The molecule has 0 radical (unpaired) electrons. The lowest BCUT2D eigenvalue weighted by atomic mass is 10.2. The van der Waals surface area contributed by atoms with Gasteiger partial charge in [0, 0.05) is 5.56 Å². The Hall–Kier alpha value is -1.31. The molecule has 0 saturated carbocycles. The average Bonchev–Trinajstić information content (AvgIpc) is 2.36. The van der Waals surface area contributed by atoms with Crippen LogP contribution in [0.1, 0.15) is 33.3 Å². The van der Waals surface area contributed by atoms with Crippen molar-refractivity contribution in [1.82, 2.24) is 0 Å². The zero-order chi connectivity index (χ0) is 15.3. The second-order valence-corrected chi connectivity index (χ2v) is 9.59. The molecule has 0 aliphatic rings. The van der Waals surface area contributed by atoms with Crippen LogP contribution in [0.15, 0.2) is 36.6 Å². The van der Waals surface area contributed by atoms with E-state index in [1.807, 2.05) is 12.1 Å². The maximum absolute atomic E-state index is 15.5. The van der Waals surface area contributed by atoms with E-state index in [0.717, 1.165) is 5.19 Å². The summed E-state index contributed by atoms with van der Waals surface area (Å²) >= 11 is 0. The SMILES string of the molecule is C=C=C(O)c1ccc([Si](F)(CC(C)C)CC(C)C)cc1. The third-order valence-corrected chi connectivity index (χ3v) is 7.60. The molecule has 0 spiro atoms. The number of benzene rings is 1. The summed E-state index contributed by atoms with van der Waals surface area (Å²) < 4.78 is 15.5. The molecular formula is C17H25FOSi. The van der Waals surface area contributed by atoms with Crippen molar-refractivity contribution in [3.05, 3.63) is 42.1 Å². The lowest BCUT2D eigenvalue weighted by Gasteiger charge is -2.26. The minimum atomic E-state index is -2.95. The van der Waals surface area contributed by atoms with Crippen LogP contribution in [0.25, 0.3) is 5.76 Å². The van der Waals surface area contributed by atoms with Gasteiger partial charge in [0.1, 0.15) is 0 Å². The Morgan fingerprint density at radius 1 is 1.15 bits per heavy atom. The van der Waals surface area contributed by atoms with E-state index in [1.165, 1.54) is 0 Å². The zero-order valence-corrected chi connectivity index (χ0v) is 13.9. The van der Waals surface area contributed by atoms with Crippen LogP contribution in [-0.4, -0.2) is 13.5 Å². The first-order chi connectivity index (χ1) is 9.28. The van der Waals surface area contributed by atoms with Gasteiger partial charge in [-0.2, -0.15) is 0 Å². The van der Waals surface area contributed by atoms with E-state index >= 15 is 4.11 Å². The summed E-state index contributed by atoms with van der Waals surface area (Å²) in [5.74, 6) is 0.716. The molecule has 0 unspecified atom stereocenters. The molecule has 1 aromatic carbocycles. The summed E-state index contributed by atoms with van der Waals surface area (Å²) in [7, 11) is -2.95. The molecule has 0 aromatic heterocycles. The monoisotopic (exact) mass is 292 g/mol. The molecule has 1 rings (SSSR count). The van der Waals surface area contributed by atoms with Gasteiger partial charge in [0.25, 0.3) is 8.41 Å². The average molecular weight is 292 g/mol. The molecule has 0 heterocycles. The fourth-order valence-electron chi connectivity index (χ4n) is 2.64. The van der Waals surface area contributed by atoms with E-state index in [2.05, 4.69) is 40.0 Å². The van der Waals surface area contributed by atoms with E-state index in [-0.39, 0.29) is 5.76 Å². The van der Waals surface area contributed by atoms with E-state index in [4.69, 9.17) is 0 Å². The van der Waals surface area contributed by atoms with Crippen LogP contribution in [-0.2, 0) is 0 Å². The highest BCUT2D eigenvalue weighted by Crippen LogP contribution is 2.27. The maximum Gasteiger partial charge on any atom is 0.278 e. The molecule has 0 fully saturated rings. The quantitative estimate of drug-likeness (QED) is 0.345. The van der Waals surface area contributed by atoms with E-state index < -0.39 is 8.41 Å². The van der Waals surface area contributed by atoms with Gasteiger partial charge in [-0.3, -0.25) is 0 Å². The summed E-state index contributed by atoms with van der Waals surface area (Å²) in [6.07, 6.45) is 0. The van der Waals surface area contributed by atoms with Gasteiger partial charge >= 0.3 is 0 Å². The lowest BCUT2D eigenvalue weighted by molar-refractivity contribution is 0.513. The first kappa shape index (κ1) is 16.7. The number of hydrogen-bond acceptors (Lipinski definition) is 1. The van der Waals surface area contributed by atoms with Crippen LogP contribution in [0.5, 0.6) is 0 Å². The Morgan fingerprint density at radius 2 is 1.60 bits per heavy atom. The Bertz CT molecular complexity index is 474. The topological polar surface area (TPSA) is 20.2 Å². The first-order valence-corrected chi connectivity index (χ1v) is 9.46. The molecule has 1 nitrogen and oxygen atoms in total. The van der Waals surface area contributed by atoms with Gasteiger partial charge < -0.3 is 9.21 Å². The highest BCUT2D eigenvalue weighted by Gasteiger charge is 2.37. The van der Waals surface area contributed by atoms with Crippen LogP contribution in [0, 0.1) is 11.8 Å². The fourth-order valence-corrected chi connectivity index (χ4v) is 6.63. The third-order valence-electron chi connectivity index (χ3n) is 3.31. The summed E-state index contributed by atoms with van der Waals surface area (Å²) in [4.78, 5) is 0. The summed E-state index contributed by atoms with van der Waals surface area (Å²) in [6.45, 7) is 11.7. The Balaban J connectivity index is 3.11. The molecule has 1 aromatic rings. The zero-order valence-electron chi connectivity index (χ0n) is 12.9. The number of rotatable bonds is 6. The van der Waals surface area contributed by atoms with Gasteiger partial charge in [0.05, 0.1) is 0 Å². The maximum atomic E-state index is 15.5. The molecule has 3 heteroatoms. The predicted octanol–water partition coefficient (Wildman–Crippen LogP) is 4.80. The summed E-state index contributed by atoms with van der Waals surface area (Å²) in [6, 6.07) is 8.44. The van der Waals surface area contributed by atoms with Crippen molar-refractivity contribution in [2.75, 3.05) is 0 Å². The molecule has 0 aliphatic carbocycles. The number of hydrogen-bond donors (Lipinski definition) is 1. The molecule has 0 bridgehead atoms. The smallest absolute Gasteiger partial charge is 0.278 e. The number of halogens is 1. The van der Waals surface area contributed by atoms with Crippen molar-refractivity contribution in [2.45, 2.75) is 39.8 Å². The molecule has 20 heavy (non-hydrogen) atoms.